The van der Waals surface area contributed by atoms with E-state index in [-0.39, 0.29) is 18.1 Å². The Morgan fingerprint density at radius 1 is 1.13 bits per heavy atom. The van der Waals surface area contributed by atoms with Gasteiger partial charge in [-0.1, -0.05) is 17.7 Å². The van der Waals surface area contributed by atoms with Crippen LogP contribution >= 0.6 is 0 Å². The first-order valence-electron chi connectivity index (χ1n) is 9.02. The van der Waals surface area contributed by atoms with Gasteiger partial charge in [0.05, 0.1) is 0 Å². The zero-order chi connectivity index (χ0) is 16.0. The number of amides is 1. The summed E-state index contributed by atoms with van der Waals surface area (Å²) in [5.41, 5.74) is 2.39. The second-order valence-electron chi connectivity index (χ2n) is 8.30. The van der Waals surface area contributed by atoms with E-state index in [1.807, 2.05) is 19.1 Å². The maximum atomic E-state index is 12.4. The van der Waals surface area contributed by atoms with Crippen molar-refractivity contribution >= 4 is 5.91 Å². The number of hydrogen-bond acceptors (Lipinski definition) is 2. The summed E-state index contributed by atoms with van der Waals surface area (Å²) in [6.07, 6.45) is 7.76. The fourth-order valence-corrected chi connectivity index (χ4v) is 5.70. The van der Waals surface area contributed by atoms with Gasteiger partial charge in [0.15, 0.2) is 6.61 Å². The number of carbonyl (C=O) groups excluding carboxylic acids is 1. The zero-order valence-electron chi connectivity index (χ0n) is 14.2. The van der Waals surface area contributed by atoms with Crippen LogP contribution in [0, 0.1) is 31.6 Å². The predicted octanol–water partition coefficient (Wildman–Crippen LogP) is 3.77. The van der Waals surface area contributed by atoms with Crippen LogP contribution in [0.2, 0.25) is 0 Å². The van der Waals surface area contributed by atoms with Gasteiger partial charge in [-0.15, -0.1) is 0 Å². The molecule has 3 nitrogen and oxygen atoms in total. The topological polar surface area (TPSA) is 38.3 Å². The lowest BCUT2D eigenvalue weighted by Crippen LogP contribution is -2.60. The van der Waals surface area contributed by atoms with Crippen molar-refractivity contribution in [1.29, 1.82) is 0 Å². The van der Waals surface area contributed by atoms with Crippen molar-refractivity contribution in [1.82, 2.24) is 5.32 Å². The van der Waals surface area contributed by atoms with E-state index in [1.165, 1.54) is 44.1 Å². The summed E-state index contributed by atoms with van der Waals surface area (Å²) >= 11 is 0. The second kappa shape index (κ2) is 5.54. The number of aryl methyl sites for hydroxylation is 2. The van der Waals surface area contributed by atoms with Crippen LogP contribution < -0.4 is 10.1 Å². The van der Waals surface area contributed by atoms with Gasteiger partial charge in [-0.25, -0.2) is 0 Å². The van der Waals surface area contributed by atoms with E-state index in [0.29, 0.717) is 0 Å². The Labute approximate surface area is 138 Å². The van der Waals surface area contributed by atoms with Gasteiger partial charge >= 0.3 is 0 Å². The van der Waals surface area contributed by atoms with E-state index in [1.54, 1.807) is 0 Å². The minimum Gasteiger partial charge on any atom is -0.484 e. The van der Waals surface area contributed by atoms with E-state index < -0.39 is 0 Å². The molecule has 124 valence electrons. The van der Waals surface area contributed by atoms with Gasteiger partial charge in [0, 0.05) is 5.54 Å². The third-order valence-corrected chi connectivity index (χ3v) is 6.13. The van der Waals surface area contributed by atoms with Crippen LogP contribution in [-0.4, -0.2) is 18.1 Å². The first-order valence-corrected chi connectivity index (χ1v) is 9.02. The van der Waals surface area contributed by atoms with Gasteiger partial charge in [0.25, 0.3) is 5.91 Å². The second-order valence-corrected chi connectivity index (χ2v) is 8.30. The molecule has 1 aromatic rings. The van der Waals surface area contributed by atoms with Gasteiger partial charge in [0.1, 0.15) is 5.75 Å². The largest absolute Gasteiger partial charge is 0.484 e. The molecule has 0 heterocycles. The van der Waals surface area contributed by atoms with Gasteiger partial charge < -0.3 is 10.1 Å². The van der Waals surface area contributed by atoms with Gasteiger partial charge in [-0.05, 0) is 81.8 Å². The molecule has 0 atom stereocenters. The van der Waals surface area contributed by atoms with Crippen LogP contribution in [-0.2, 0) is 4.79 Å². The van der Waals surface area contributed by atoms with Crippen LogP contribution in [0.4, 0.5) is 0 Å². The molecule has 4 aliphatic rings. The van der Waals surface area contributed by atoms with Crippen LogP contribution in [0.1, 0.15) is 49.7 Å². The van der Waals surface area contributed by atoms with Crippen LogP contribution in [0.15, 0.2) is 18.2 Å². The van der Waals surface area contributed by atoms with E-state index in [9.17, 15) is 4.79 Å². The summed E-state index contributed by atoms with van der Waals surface area (Å²) in [5, 5.41) is 3.36. The summed E-state index contributed by atoms with van der Waals surface area (Å²) in [5.74, 6) is 3.41. The Morgan fingerprint density at radius 3 is 2.30 bits per heavy atom. The lowest BCUT2D eigenvalue weighted by atomic mass is 9.53. The van der Waals surface area contributed by atoms with Crippen molar-refractivity contribution in [3.63, 3.8) is 0 Å². The molecule has 1 amide bonds. The maximum absolute atomic E-state index is 12.4. The highest BCUT2D eigenvalue weighted by atomic mass is 16.5. The molecule has 5 rings (SSSR count). The predicted molar refractivity (Wildman–Crippen MR) is 90.5 cm³/mol. The molecular formula is C20H27NO2. The Kier molecular flexibility index (Phi) is 3.62. The molecule has 23 heavy (non-hydrogen) atoms. The van der Waals surface area contributed by atoms with E-state index in [0.717, 1.165) is 29.1 Å². The first kappa shape index (κ1) is 15.0. The molecule has 0 saturated heterocycles. The SMILES string of the molecule is Cc1ccc(OCC(=O)NC23CC4CC(CC(C4)C2)C3)c(C)c1. The Bertz CT molecular complexity index is 587. The normalized spacial score (nSPS) is 34.4. The Hall–Kier alpha value is -1.51. The highest BCUT2D eigenvalue weighted by Crippen LogP contribution is 2.55. The first-order chi connectivity index (χ1) is 11.0. The average Bonchev–Trinajstić information content (AvgIpc) is 2.44. The van der Waals surface area contributed by atoms with Crippen molar-refractivity contribution in [2.75, 3.05) is 6.61 Å². The summed E-state index contributed by atoms with van der Waals surface area (Å²) in [6, 6.07) is 6.08. The number of ether oxygens (including phenoxy) is 1. The molecule has 4 aliphatic carbocycles. The summed E-state index contributed by atoms with van der Waals surface area (Å²) in [7, 11) is 0. The van der Waals surface area contributed by atoms with E-state index in [2.05, 4.69) is 18.3 Å². The third kappa shape index (κ3) is 2.98. The van der Waals surface area contributed by atoms with E-state index in [4.69, 9.17) is 4.74 Å². The summed E-state index contributed by atoms with van der Waals surface area (Å²) in [4.78, 5) is 12.4. The third-order valence-electron chi connectivity index (χ3n) is 6.13. The highest BCUT2D eigenvalue weighted by molar-refractivity contribution is 5.78. The number of carbonyl (C=O) groups is 1. The lowest BCUT2D eigenvalue weighted by molar-refractivity contribution is -0.128. The smallest absolute Gasteiger partial charge is 0.258 e. The lowest BCUT2D eigenvalue weighted by Gasteiger charge is -2.56. The molecule has 0 unspecified atom stereocenters. The maximum Gasteiger partial charge on any atom is 0.258 e. The van der Waals surface area contributed by atoms with Crippen molar-refractivity contribution in [3.8, 4) is 5.75 Å². The van der Waals surface area contributed by atoms with Crippen LogP contribution in [0.25, 0.3) is 0 Å². The van der Waals surface area contributed by atoms with Gasteiger partial charge in [0.2, 0.25) is 0 Å². The summed E-state index contributed by atoms with van der Waals surface area (Å²) < 4.78 is 5.76. The molecule has 3 heteroatoms. The molecule has 0 aliphatic heterocycles. The van der Waals surface area contributed by atoms with Gasteiger partial charge in [-0.2, -0.15) is 0 Å². The molecule has 0 spiro atoms. The quantitative estimate of drug-likeness (QED) is 0.919. The van der Waals surface area contributed by atoms with Crippen molar-refractivity contribution in [3.05, 3.63) is 29.3 Å². The summed E-state index contributed by atoms with van der Waals surface area (Å²) in [6.45, 7) is 4.22. The Morgan fingerprint density at radius 2 is 1.74 bits per heavy atom. The molecule has 0 radical (unpaired) electrons. The standard InChI is InChI=1S/C20H27NO2/c1-13-3-4-18(14(2)5-13)23-12-19(22)21-20-9-15-6-16(10-20)8-17(7-15)11-20/h3-5,15-17H,6-12H2,1-2H3,(H,21,22). The number of hydrogen-bond donors (Lipinski definition) is 1. The molecule has 1 aromatic carbocycles. The zero-order valence-corrected chi connectivity index (χ0v) is 14.2. The van der Waals surface area contributed by atoms with Crippen LogP contribution in [0.5, 0.6) is 5.75 Å². The fourth-order valence-electron chi connectivity index (χ4n) is 5.70. The molecule has 4 fully saturated rings. The average molecular weight is 313 g/mol. The monoisotopic (exact) mass is 313 g/mol. The van der Waals surface area contributed by atoms with Crippen LogP contribution in [0.3, 0.4) is 0 Å². The molecule has 0 aromatic heterocycles. The van der Waals surface area contributed by atoms with Gasteiger partial charge in [-0.3, -0.25) is 4.79 Å². The molecular weight excluding hydrogens is 286 g/mol. The number of nitrogens with one attached hydrogen (secondary N) is 1. The molecule has 1 N–H and O–H groups in total. The Balaban J connectivity index is 1.37. The van der Waals surface area contributed by atoms with Crippen molar-refractivity contribution in [2.45, 2.75) is 57.9 Å². The number of rotatable bonds is 4. The fraction of sp³-hybridized carbons (Fsp3) is 0.650. The number of benzene rings is 1. The van der Waals surface area contributed by atoms with Crippen molar-refractivity contribution < 1.29 is 9.53 Å². The highest BCUT2D eigenvalue weighted by Gasteiger charge is 2.51. The molecule has 4 bridgehead atoms. The minimum atomic E-state index is 0.0481. The minimum absolute atomic E-state index is 0.0481. The van der Waals surface area contributed by atoms with Crippen molar-refractivity contribution in [2.24, 2.45) is 17.8 Å². The van der Waals surface area contributed by atoms with E-state index >= 15 is 0 Å². The molecule has 4 saturated carbocycles.